The van der Waals surface area contributed by atoms with E-state index in [0.717, 1.165) is 5.75 Å². The molecular formula is C21H35NO2. The third-order valence-electron chi connectivity index (χ3n) is 5.17. The van der Waals surface area contributed by atoms with Crippen LogP contribution in [-0.2, 0) is 5.41 Å². The van der Waals surface area contributed by atoms with Crippen molar-refractivity contribution in [3.63, 3.8) is 0 Å². The van der Waals surface area contributed by atoms with Gasteiger partial charge in [-0.15, -0.1) is 0 Å². The van der Waals surface area contributed by atoms with Gasteiger partial charge < -0.3 is 9.84 Å². The Kier molecular flexibility index (Phi) is 6.33. The quantitative estimate of drug-likeness (QED) is 0.872. The van der Waals surface area contributed by atoms with Crippen LogP contribution in [0.2, 0.25) is 0 Å². The van der Waals surface area contributed by atoms with Gasteiger partial charge in [0.1, 0.15) is 18.5 Å². The van der Waals surface area contributed by atoms with Gasteiger partial charge in [0.25, 0.3) is 0 Å². The fourth-order valence-corrected chi connectivity index (χ4v) is 3.67. The maximum absolute atomic E-state index is 10.5. The van der Waals surface area contributed by atoms with Crippen LogP contribution in [0.4, 0.5) is 0 Å². The molecule has 0 aromatic heterocycles. The molecule has 0 amide bonds. The standard InChI is InChI=1S/C21H35NO2/c1-15-10-11-20(19(12-15)21(4,5)6)24-14-18(23)13-22-16(2)8-7-9-17(22)3/h10-12,16-18,23H,7-9,13-14H2,1-6H3/t16-,17+,18-/m0/s1. The second-order valence-electron chi connectivity index (χ2n) is 8.54. The van der Waals surface area contributed by atoms with Gasteiger partial charge in [0.15, 0.2) is 0 Å². The molecular weight excluding hydrogens is 298 g/mol. The average molecular weight is 334 g/mol. The monoisotopic (exact) mass is 333 g/mol. The molecule has 136 valence electrons. The molecule has 0 radical (unpaired) electrons. The lowest BCUT2D eigenvalue weighted by Crippen LogP contribution is -2.48. The topological polar surface area (TPSA) is 32.7 Å². The maximum Gasteiger partial charge on any atom is 0.123 e. The lowest BCUT2D eigenvalue weighted by atomic mass is 9.85. The Hall–Kier alpha value is -1.06. The zero-order chi connectivity index (χ0) is 17.9. The van der Waals surface area contributed by atoms with Crippen molar-refractivity contribution in [1.82, 2.24) is 4.90 Å². The predicted molar refractivity (Wildman–Crippen MR) is 101 cm³/mol. The molecule has 0 saturated carbocycles. The third kappa shape index (κ3) is 4.97. The van der Waals surface area contributed by atoms with E-state index in [0.29, 0.717) is 25.2 Å². The van der Waals surface area contributed by atoms with Crippen molar-refractivity contribution in [1.29, 1.82) is 0 Å². The van der Waals surface area contributed by atoms with E-state index in [4.69, 9.17) is 4.74 Å². The fraction of sp³-hybridized carbons (Fsp3) is 0.714. The largest absolute Gasteiger partial charge is 0.491 e. The van der Waals surface area contributed by atoms with Gasteiger partial charge in [0, 0.05) is 18.6 Å². The van der Waals surface area contributed by atoms with E-state index < -0.39 is 6.10 Å². The van der Waals surface area contributed by atoms with Crippen LogP contribution in [0, 0.1) is 6.92 Å². The number of hydrogen-bond acceptors (Lipinski definition) is 3. The van der Waals surface area contributed by atoms with E-state index in [-0.39, 0.29) is 5.41 Å². The number of β-amino-alcohol motifs (C(OH)–C–C–N with tert-alkyl or cyclic N) is 1. The van der Waals surface area contributed by atoms with E-state index in [9.17, 15) is 5.11 Å². The van der Waals surface area contributed by atoms with Crippen LogP contribution in [0.25, 0.3) is 0 Å². The Labute approximate surface area is 148 Å². The highest BCUT2D eigenvalue weighted by Gasteiger charge is 2.27. The summed E-state index contributed by atoms with van der Waals surface area (Å²) in [7, 11) is 0. The molecule has 1 N–H and O–H groups in total. The first kappa shape index (κ1) is 19.3. The first-order chi connectivity index (χ1) is 11.2. The van der Waals surface area contributed by atoms with E-state index in [1.54, 1.807) is 0 Å². The summed E-state index contributed by atoms with van der Waals surface area (Å²) in [6.45, 7) is 14.3. The average Bonchev–Trinajstić information content (AvgIpc) is 2.49. The Morgan fingerprint density at radius 3 is 2.42 bits per heavy atom. The van der Waals surface area contributed by atoms with Crippen LogP contribution < -0.4 is 4.74 Å². The Balaban J connectivity index is 1.98. The summed E-state index contributed by atoms with van der Waals surface area (Å²) in [6.07, 6.45) is 3.29. The molecule has 1 aromatic carbocycles. The molecule has 24 heavy (non-hydrogen) atoms. The minimum absolute atomic E-state index is 0.0300. The van der Waals surface area contributed by atoms with Crippen molar-refractivity contribution in [3.05, 3.63) is 29.3 Å². The number of benzene rings is 1. The molecule has 3 atom stereocenters. The van der Waals surface area contributed by atoms with Gasteiger partial charge in [0.2, 0.25) is 0 Å². The molecule has 0 bridgehead atoms. The molecule has 1 aliphatic heterocycles. The number of aliphatic hydroxyl groups is 1. The number of aryl methyl sites for hydroxylation is 1. The molecule has 1 aliphatic rings. The number of ether oxygens (including phenoxy) is 1. The van der Waals surface area contributed by atoms with Gasteiger partial charge in [-0.3, -0.25) is 4.90 Å². The molecule has 3 heteroatoms. The van der Waals surface area contributed by atoms with Crippen molar-refractivity contribution in [2.45, 2.75) is 84.4 Å². The van der Waals surface area contributed by atoms with Crippen molar-refractivity contribution >= 4 is 0 Å². The third-order valence-corrected chi connectivity index (χ3v) is 5.17. The molecule has 2 rings (SSSR count). The van der Waals surface area contributed by atoms with Crippen LogP contribution in [-0.4, -0.2) is 41.3 Å². The maximum atomic E-state index is 10.5. The van der Waals surface area contributed by atoms with Crippen LogP contribution in [0.5, 0.6) is 5.75 Å². The molecule has 0 spiro atoms. The molecule has 0 unspecified atom stereocenters. The van der Waals surface area contributed by atoms with Gasteiger partial charge in [-0.25, -0.2) is 0 Å². The Morgan fingerprint density at radius 1 is 1.21 bits per heavy atom. The van der Waals surface area contributed by atoms with Crippen molar-refractivity contribution in [2.24, 2.45) is 0 Å². The van der Waals surface area contributed by atoms with Crippen LogP contribution >= 0.6 is 0 Å². The second kappa shape index (κ2) is 7.88. The zero-order valence-electron chi connectivity index (χ0n) is 16.3. The highest BCUT2D eigenvalue weighted by Crippen LogP contribution is 2.32. The number of rotatable bonds is 5. The van der Waals surface area contributed by atoms with Crippen molar-refractivity contribution in [2.75, 3.05) is 13.2 Å². The lowest BCUT2D eigenvalue weighted by molar-refractivity contribution is 0.0206. The number of piperidine rings is 1. The summed E-state index contributed by atoms with van der Waals surface area (Å²) in [6, 6.07) is 7.40. The summed E-state index contributed by atoms with van der Waals surface area (Å²) in [5.41, 5.74) is 2.47. The van der Waals surface area contributed by atoms with Crippen molar-refractivity contribution < 1.29 is 9.84 Å². The second-order valence-corrected chi connectivity index (χ2v) is 8.54. The predicted octanol–water partition coefficient (Wildman–Crippen LogP) is 4.30. The smallest absolute Gasteiger partial charge is 0.123 e. The SMILES string of the molecule is Cc1ccc(OC[C@@H](O)CN2[C@H](C)CCC[C@@H]2C)c(C(C)(C)C)c1. The van der Waals surface area contributed by atoms with Crippen LogP contribution in [0.1, 0.15) is 65.0 Å². The van der Waals surface area contributed by atoms with Gasteiger partial charge in [-0.1, -0.05) is 44.9 Å². The van der Waals surface area contributed by atoms with E-state index in [1.165, 1.54) is 30.4 Å². The minimum Gasteiger partial charge on any atom is -0.491 e. The molecule has 3 nitrogen and oxygen atoms in total. The van der Waals surface area contributed by atoms with Gasteiger partial charge >= 0.3 is 0 Å². The highest BCUT2D eigenvalue weighted by atomic mass is 16.5. The van der Waals surface area contributed by atoms with Crippen molar-refractivity contribution in [3.8, 4) is 5.75 Å². The zero-order valence-corrected chi connectivity index (χ0v) is 16.3. The molecule has 1 saturated heterocycles. The molecule has 1 aromatic rings. The number of hydrogen-bond donors (Lipinski definition) is 1. The highest BCUT2D eigenvalue weighted by molar-refractivity contribution is 5.41. The Bertz CT molecular complexity index is 525. The first-order valence-electron chi connectivity index (χ1n) is 9.36. The first-order valence-corrected chi connectivity index (χ1v) is 9.36. The van der Waals surface area contributed by atoms with Gasteiger partial charge in [0.05, 0.1) is 0 Å². The summed E-state index contributed by atoms with van der Waals surface area (Å²) >= 11 is 0. The summed E-state index contributed by atoms with van der Waals surface area (Å²) in [5.74, 6) is 0.895. The molecule has 0 aliphatic carbocycles. The van der Waals surface area contributed by atoms with Gasteiger partial charge in [-0.05, 0) is 50.7 Å². The molecule has 1 heterocycles. The fourth-order valence-electron chi connectivity index (χ4n) is 3.67. The normalized spacial score (nSPS) is 24.0. The van der Waals surface area contributed by atoms with E-state index in [1.807, 2.05) is 6.07 Å². The number of nitrogens with zero attached hydrogens (tertiary/aromatic N) is 1. The molecule has 1 fully saturated rings. The van der Waals surface area contributed by atoms with Crippen LogP contribution in [0.3, 0.4) is 0 Å². The number of likely N-dealkylation sites (tertiary alicyclic amines) is 1. The van der Waals surface area contributed by atoms with Gasteiger partial charge in [-0.2, -0.15) is 0 Å². The summed E-state index contributed by atoms with van der Waals surface area (Å²) < 4.78 is 6.02. The minimum atomic E-state index is -0.456. The summed E-state index contributed by atoms with van der Waals surface area (Å²) in [5, 5.41) is 10.5. The number of aliphatic hydroxyl groups excluding tert-OH is 1. The van der Waals surface area contributed by atoms with E-state index >= 15 is 0 Å². The lowest BCUT2D eigenvalue weighted by Gasteiger charge is -2.40. The van der Waals surface area contributed by atoms with E-state index in [2.05, 4.69) is 58.6 Å². The van der Waals surface area contributed by atoms with Crippen LogP contribution in [0.15, 0.2) is 18.2 Å². The Morgan fingerprint density at radius 2 is 1.83 bits per heavy atom. The summed E-state index contributed by atoms with van der Waals surface area (Å²) in [4.78, 5) is 2.43.